The molecule has 0 fully saturated rings. The summed E-state index contributed by atoms with van der Waals surface area (Å²) in [5, 5.41) is 21.9. The van der Waals surface area contributed by atoms with Crippen LogP contribution in [0.25, 0.3) is 10.9 Å². The van der Waals surface area contributed by atoms with Crippen molar-refractivity contribution in [2.24, 2.45) is 0 Å². The van der Waals surface area contributed by atoms with Gasteiger partial charge in [0, 0.05) is 25.0 Å². The molecule has 0 unspecified atom stereocenters. The summed E-state index contributed by atoms with van der Waals surface area (Å²) in [6, 6.07) is 5.46. The fourth-order valence-corrected chi connectivity index (χ4v) is 2.94. The zero-order valence-corrected chi connectivity index (χ0v) is 11.9. The topological polar surface area (TPSA) is 104 Å². The Balaban J connectivity index is 2.16. The molecule has 1 aromatic carbocycles. The lowest BCUT2D eigenvalue weighted by Gasteiger charge is -2.21. The van der Waals surface area contributed by atoms with E-state index in [4.69, 9.17) is 5.21 Å². The van der Waals surface area contributed by atoms with E-state index in [1.54, 1.807) is 10.6 Å². The van der Waals surface area contributed by atoms with E-state index in [9.17, 15) is 14.7 Å². The average molecular weight is 303 g/mol. The van der Waals surface area contributed by atoms with E-state index in [2.05, 4.69) is 5.32 Å². The molecule has 116 valence electrons. The second kappa shape index (κ2) is 5.78. The highest BCUT2D eigenvalue weighted by atomic mass is 16.5. The van der Waals surface area contributed by atoms with Crippen molar-refractivity contribution in [1.29, 1.82) is 0 Å². The molecule has 0 aliphatic carbocycles. The second-order valence-electron chi connectivity index (χ2n) is 5.26. The maximum absolute atomic E-state index is 12.6. The first-order chi connectivity index (χ1) is 10.6. The molecule has 4 N–H and O–H groups in total. The van der Waals surface area contributed by atoms with Crippen LogP contribution in [0.5, 0.6) is 5.75 Å². The van der Waals surface area contributed by atoms with E-state index < -0.39 is 11.5 Å². The molecular weight excluding hydrogens is 286 g/mol. The monoisotopic (exact) mass is 303 g/mol. The van der Waals surface area contributed by atoms with Gasteiger partial charge >= 0.3 is 0 Å². The fraction of sp³-hybridized carbons (Fsp3) is 0.333. The van der Waals surface area contributed by atoms with Gasteiger partial charge in [0.25, 0.3) is 11.5 Å². The lowest BCUT2D eigenvalue weighted by molar-refractivity contribution is 0.0941. The van der Waals surface area contributed by atoms with Crippen LogP contribution in [-0.2, 0) is 13.0 Å². The van der Waals surface area contributed by atoms with E-state index in [1.807, 2.05) is 17.6 Å². The molecule has 1 amide bonds. The number of aryl methyl sites for hydroxylation is 2. The smallest absolute Gasteiger partial charge is 0.267 e. The number of benzene rings is 1. The van der Waals surface area contributed by atoms with E-state index in [0.717, 1.165) is 18.4 Å². The zero-order valence-electron chi connectivity index (χ0n) is 11.9. The van der Waals surface area contributed by atoms with E-state index >= 15 is 0 Å². The van der Waals surface area contributed by atoms with Gasteiger partial charge in [-0.2, -0.15) is 0 Å². The number of hydrogen-bond donors (Lipinski definition) is 4. The summed E-state index contributed by atoms with van der Waals surface area (Å²) in [5.41, 5.74) is 2.91. The van der Waals surface area contributed by atoms with Crippen molar-refractivity contribution in [2.75, 3.05) is 13.1 Å². The number of nitrogens with one attached hydrogen (secondary N) is 2. The number of carbonyl (C=O) groups excluding carboxylic acids is 1. The van der Waals surface area contributed by atoms with Gasteiger partial charge in [0.2, 0.25) is 0 Å². The lowest BCUT2D eigenvalue weighted by atomic mass is 9.99. The van der Waals surface area contributed by atoms with Crippen LogP contribution in [0, 0.1) is 0 Å². The van der Waals surface area contributed by atoms with Gasteiger partial charge in [0.15, 0.2) is 0 Å². The predicted molar refractivity (Wildman–Crippen MR) is 80.3 cm³/mol. The van der Waals surface area contributed by atoms with Crippen molar-refractivity contribution in [3.63, 3.8) is 0 Å². The number of pyridine rings is 1. The number of hydroxylamine groups is 1. The summed E-state index contributed by atoms with van der Waals surface area (Å²) in [4.78, 5) is 24.8. The molecule has 2 heterocycles. The Hall–Kier alpha value is -2.38. The van der Waals surface area contributed by atoms with Gasteiger partial charge in [-0.05, 0) is 24.5 Å². The molecular formula is C15H17N3O4. The molecule has 22 heavy (non-hydrogen) atoms. The molecule has 0 spiro atoms. The highest BCUT2D eigenvalue weighted by molar-refractivity contribution is 6.02. The van der Waals surface area contributed by atoms with Crippen molar-refractivity contribution in [3.05, 3.63) is 39.7 Å². The first-order valence-electron chi connectivity index (χ1n) is 7.17. The van der Waals surface area contributed by atoms with E-state index in [-0.39, 0.29) is 24.4 Å². The first-order valence-corrected chi connectivity index (χ1v) is 7.17. The number of hydrogen-bond acceptors (Lipinski definition) is 5. The third-order valence-corrected chi connectivity index (χ3v) is 3.92. The molecule has 3 rings (SSSR count). The normalized spacial score (nSPS) is 13.3. The van der Waals surface area contributed by atoms with Crippen molar-refractivity contribution in [1.82, 2.24) is 15.4 Å². The molecule has 7 nitrogen and oxygen atoms in total. The molecule has 1 aliphatic heterocycles. The van der Waals surface area contributed by atoms with Gasteiger partial charge in [-0.15, -0.1) is 0 Å². The molecule has 0 bridgehead atoms. The van der Waals surface area contributed by atoms with E-state index in [1.165, 1.54) is 0 Å². The number of aromatic nitrogens is 1. The molecule has 7 heteroatoms. The molecule has 0 saturated carbocycles. The zero-order chi connectivity index (χ0) is 15.7. The Morgan fingerprint density at radius 2 is 2.14 bits per heavy atom. The van der Waals surface area contributed by atoms with Crippen LogP contribution in [-0.4, -0.2) is 33.9 Å². The first kappa shape index (κ1) is 14.6. The minimum Gasteiger partial charge on any atom is -0.506 e. The minimum atomic E-state index is -0.639. The highest BCUT2D eigenvalue weighted by Crippen LogP contribution is 2.31. The average Bonchev–Trinajstić information content (AvgIpc) is 2.53. The number of para-hydroxylation sites is 1. The Bertz CT molecular complexity index is 797. The van der Waals surface area contributed by atoms with Gasteiger partial charge in [0.1, 0.15) is 11.3 Å². The molecule has 0 atom stereocenters. The molecule has 0 saturated heterocycles. The predicted octanol–water partition coefficient (Wildman–Crippen LogP) is 0.362. The number of nitrogens with zero attached hydrogens (tertiary/aromatic N) is 1. The van der Waals surface area contributed by atoms with Crippen molar-refractivity contribution >= 4 is 16.8 Å². The standard InChI is InChI=1S/C15H17N3O4/c19-13-10-5-1-3-9-4-2-8-18(12(9)10)15(21)11(13)14(20)16-6-7-17-22/h1,3,5,17,19,22H,2,4,6-8H2,(H,16,20). The summed E-state index contributed by atoms with van der Waals surface area (Å²) in [6.45, 7) is 0.829. The van der Waals surface area contributed by atoms with Crippen molar-refractivity contribution < 1.29 is 15.1 Å². The van der Waals surface area contributed by atoms with Crippen molar-refractivity contribution in [2.45, 2.75) is 19.4 Å². The van der Waals surface area contributed by atoms with Gasteiger partial charge < -0.3 is 20.2 Å². The fourth-order valence-electron chi connectivity index (χ4n) is 2.94. The van der Waals surface area contributed by atoms with Gasteiger partial charge in [-0.25, -0.2) is 5.48 Å². The lowest BCUT2D eigenvalue weighted by Crippen LogP contribution is -2.37. The van der Waals surface area contributed by atoms with Gasteiger partial charge in [-0.3, -0.25) is 9.59 Å². The van der Waals surface area contributed by atoms with Crippen LogP contribution in [0.15, 0.2) is 23.0 Å². The Labute approximate surface area is 126 Å². The van der Waals surface area contributed by atoms with Crippen LogP contribution in [0.4, 0.5) is 0 Å². The second-order valence-corrected chi connectivity index (χ2v) is 5.26. The summed E-state index contributed by atoms with van der Waals surface area (Å²) in [6.07, 6.45) is 1.68. The minimum absolute atomic E-state index is 0.145. The van der Waals surface area contributed by atoms with Crippen LogP contribution >= 0.6 is 0 Å². The summed E-state index contributed by atoms with van der Waals surface area (Å²) in [5.74, 6) is -0.922. The third-order valence-electron chi connectivity index (χ3n) is 3.92. The largest absolute Gasteiger partial charge is 0.506 e. The van der Waals surface area contributed by atoms with Gasteiger partial charge in [0.05, 0.1) is 5.52 Å². The Kier molecular flexibility index (Phi) is 3.82. The Morgan fingerprint density at radius 3 is 2.91 bits per heavy atom. The van der Waals surface area contributed by atoms with Crippen LogP contribution in [0.1, 0.15) is 22.3 Å². The quantitative estimate of drug-likeness (QED) is 0.482. The number of carbonyl (C=O) groups is 1. The summed E-state index contributed by atoms with van der Waals surface area (Å²) in [7, 11) is 0. The van der Waals surface area contributed by atoms with E-state index in [0.29, 0.717) is 17.4 Å². The van der Waals surface area contributed by atoms with Crippen molar-refractivity contribution in [3.8, 4) is 5.75 Å². The Morgan fingerprint density at radius 1 is 1.32 bits per heavy atom. The molecule has 1 aliphatic rings. The SMILES string of the molecule is O=C(NCCNO)c1c(O)c2cccc3c2n(c1=O)CCC3. The maximum atomic E-state index is 12.6. The number of amides is 1. The highest BCUT2D eigenvalue weighted by Gasteiger charge is 2.24. The number of aromatic hydroxyl groups is 1. The third kappa shape index (κ3) is 2.24. The van der Waals surface area contributed by atoms with Gasteiger partial charge in [-0.1, -0.05) is 12.1 Å². The summed E-state index contributed by atoms with van der Waals surface area (Å²) < 4.78 is 1.56. The van der Waals surface area contributed by atoms with Crippen LogP contribution in [0.2, 0.25) is 0 Å². The maximum Gasteiger partial charge on any atom is 0.267 e. The van der Waals surface area contributed by atoms with Crippen LogP contribution in [0.3, 0.4) is 0 Å². The summed E-state index contributed by atoms with van der Waals surface area (Å²) >= 11 is 0. The molecule has 1 aromatic heterocycles. The van der Waals surface area contributed by atoms with Crippen LogP contribution < -0.4 is 16.4 Å². The number of rotatable bonds is 4. The molecule has 2 aromatic rings. The molecule has 0 radical (unpaired) electrons.